The van der Waals surface area contributed by atoms with Crippen LogP contribution in [0.15, 0.2) is 52.0 Å². The van der Waals surface area contributed by atoms with E-state index in [-0.39, 0.29) is 5.41 Å². The number of fused-ring (bicyclic) bond motifs is 1. The lowest BCUT2D eigenvalue weighted by atomic mass is 9.76. The van der Waals surface area contributed by atoms with Gasteiger partial charge in [-0.05, 0) is 84.6 Å². The summed E-state index contributed by atoms with van der Waals surface area (Å²) in [5.74, 6) is 2.25. The van der Waals surface area contributed by atoms with Crippen molar-refractivity contribution in [3.8, 4) is 0 Å². The van der Waals surface area contributed by atoms with E-state index in [9.17, 15) is 4.79 Å². The number of rotatable bonds is 8. The molecular weight excluding hydrogens is 458 g/mol. The quantitative estimate of drug-likeness (QED) is 0.350. The van der Waals surface area contributed by atoms with E-state index in [1.807, 2.05) is 45.7 Å². The molecule has 1 heterocycles. The van der Waals surface area contributed by atoms with Gasteiger partial charge in [0.2, 0.25) is 0 Å². The average Bonchev–Trinajstić information content (AvgIpc) is 3.51. The van der Waals surface area contributed by atoms with Gasteiger partial charge >= 0.3 is 0 Å². The van der Waals surface area contributed by atoms with Gasteiger partial charge in [0, 0.05) is 23.4 Å². The zero-order valence-electron chi connectivity index (χ0n) is 24.3. The molecule has 2 atom stereocenters. The Balaban J connectivity index is 0.00000109. The molecule has 0 bridgehead atoms. The molecule has 0 spiro atoms. The van der Waals surface area contributed by atoms with Crippen LogP contribution in [0.4, 0.5) is 0 Å². The molecule has 0 amide bonds. The fourth-order valence-corrected chi connectivity index (χ4v) is 6.74. The number of ketones is 1. The molecule has 1 aromatic rings. The van der Waals surface area contributed by atoms with Gasteiger partial charge in [-0.1, -0.05) is 79.2 Å². The molecule has 0 aromatic heterocycles. The van der Waals surface area contributed by atoms with Gasteiger partial charge in [0.05, 0.1) is 11.6 Å². The van der Waals surface area contributed by atoms with Crippen LogP contribution in [0.3, 0.4) is 0 Å². The Kier molecular flexibility index (Phi) is 11.9. The molecule has 3 heteroatoms. The minimum absolute atomic E-state index is 0.115. The molecule has 0 radical (unpaired) electrons. The topological polar surface area (TPSA) is 29.4 Å². The van der Waals surface area contributed by atoms with Crippen LogP contribution in [0.1, 0.15) is 111 Å². The molecule has 4 rings (SSSR count). The molecule has 2 aliphatic carbocycles. The van der Waals surface area contributed by atoms with Crippen molar-refractivity contribution in [2.45, 2.75) is 106 Å². The van der Waals surface area contributed by atoms with Crippen LogP contribution in [-0.2, 0) is 10.2 Å². The Morgan fingerprint density at radius 3 is 2.44 bits per heavy atom. The van der Waals surface area contributed by atoms with Crippen LogP contribution in [0.25, 0.3) is 5.57 Å². The van der Waals surface area contributed by atoms with Crippen LogP contribution in [-0.4, -0.2) is 17.2 Å². The SMILES string of the molecule is CC.CC.CCSC1=C(C)C(c2ccc(C(C)(C)CCCC3CCCC3=O)c(C)c2)=CC2=NC=CC21. The highest BCUT2D eigenvalue weighted by atomic mass is 32.2. The maximum atomic E-state index is 12.0. The molecule has 1 aliphatic heterocycles. The first-order valence-corrected chi connectivity index (χ1v) is 15.2. The van der Waals surface area contributed by atoms with Gasteiger partial charge in [-0.2, -0.15) is 0 Å². The first-order valence-electron chi connectivity index (χ1n) is 14.3. The number of hydrogen-bond acceptors (Lipinski definition) is 3. The number of hydrogen-bond donors (Lipinski definition) is 0. The lowest BCUT2D eigenvalue weighted by Crippen LogP contribution is -2.20. The molecule has 0 saturated heterocycles. The maximum absolute atomic E-state index is 12.0. The van der Waals surface area contributed by atoms with Crippen molar-refractivity contribution in [1.29, 1.82) is 0 Å². The van der Waals surface area contributed by atoms with Crippen molar-refractivity contribution in [3.63, 3.8) is 0 Å². The van der Waals surface area contributed by atoms with Gasteiger partial charge in [0.1, 0.15) is 5.78 Å². The fourth-order valence-electron chi connectivity index (χ4n) is 5.73. The van der Waals surface area contributed by atoms with Crippen molar-refractivity contribution in [2.24, 2.45) is 16.8 Å². The fraction of sp³-hybridized carbons (Fsp3) is 0.576. The highest BCUT2D eigenvalue weighted by Gasteiger charge is 2.29. The van der Waals surface area contributed by atoms with Gasteiger partial charge in [0.15, 0.2) is 0 Å². The second kappa shape index (κ2) is 14.2. The number of benzene rings is 1. The van der Waals surface area contributed by atoms with Crippen LogP contribution in [0, 0.1) is 18.8 Å². The minimum atomic E-state index is 0.115. The monoisotopic (exact) mass is 507 g/mol. The van der Waals surface area contributed by atoms with Gasteiger partial charge in [0.25, 0.3) is 0 Å². The second-order valence-electron chi connectivity index (χ2n) is 10.2. The first-order chi connectivity index (χ1) is 17.3. The summed E-state index contributed by atoms with van der Waals surface area (Å²) < 4.78 is 0. The summed E-state index contributed by atoms with van der Waals surface area (Å²) in [4.78, 5) is 18.1. The standard InChI is InChI=1S/C29H37NOS.2C2H6/c1-6-32-28-20(3)24(18-26-23(28)14-16-30-26)22-12-13-25(19(2)17-22)29(4,5)15-8-10-21-9-7-11-27(21)31;2*1-2/h12-14,16-18,21,23H,6-11,15H2,1-5H3;2*1-2H3. The van der Waals surface area contributed by atoms with Gasteiger partial charge in [-0.15, -0.1) is 11.8 Å². The largest absolute Gasteiger partial charge is 0.299 e. The zero-order valence-corrected chi connectivity index (χ0v) is 25.1. The molecule has 2 unspecified atom stereocenters. The van der Waals surface area contributed by atoms with E-state index in [0.717, 1.165) is 44.3 Å². The predicted molar refractivity (Wildman–Crippen MR) is 162 cm³/mol. The number of Topliss-reactive ketones (excluding diaryl/α,β-unsaturated/α-hetero) is 1. The van der Waals surface area contributed by atoms with Crippen molar-refractivity contribution in [1.82, 2.24) is 0 Å². The summed E-state index contributed by atoms with van der Waals surface area (Å²) in [5.41, 5.74) is 8.06. The highest BCUT2D eigenvalue weighted by Crippen LogP contribution is 2.43. The minimum Gasteiger partial charge on any atom is -0.299 e. The van der Waals surface area contributed by atoms with Crippen molar-refractivity contribution >= 4 is 28.8 Å². The van der Waals surface area contributed by atoms with Crippen LogP contribution in [0.2, 0.25) is 0 Å². The number of aryl methyl sites for hydroxylation is 1. The molecule has 36 heavy (non-hydrogen) atoms. The predicted octanol–water partition coefficient (Wildman–Crippen LogP) is 9.87. The van der Waals surface area contributed by atoms with Crippen molar-refractivity contribution in [2.75, 3.05) is 5.75 Å². The van der Waals surface area contributed by atoms with E-state index in [1.54, 1.807) is 0 Å². The number of nitrogens with zero attached hydrogens (tertiary/aromatic N) is 1. The third-order valence-electron chi connectivity index (χ3n) is 7.52. The Morgan fingerprint density at radius 1 is 1.11 bits per heavy atom. The van der Waals surface area contributed by atoms with E-state index < -0.39 is 0 Å². The lowest BCUT2D eigenvalue weighted by molar-refractivity contribution is -0.120. The maximum Gasteiger partial charge on any atom is 0.135 e. The highest BCUT2D eigenvalue weighted by molar-refractivity contribution is 8.03. The lowest BCUT2D eigenvalue weighted by Gasteiger charge is -2.29. The third-order valence-corrected chi connectivity index (χ3v) is 8.68. The number of aliphatic imine (C=N–C) groups is 1. The Hall–Kier alpha value is -1.87. The summed E-state index contributed by atoms with van der Waals surface area (Å²) in [5, 5.41) is 0. The number of carbonyl (C=O) groups is 1. The van der Waals surface area contributed by atoms with Gasteiger partial charge in [-0.3, -0.25) is 9.79 Å². The summed E-state index contributed by atoms with van der Waals surface area (Å²) in [6.07, 6.45) is 12.8. The molecule has 0 N–H and O–H groups in total. The Bertz CT molecular complexity index is 1020. The van der Waals surface area contributed by atoms with Crippen molar-refractivity contribution in [3.05, 3.63) is 63.7 Å². The third kappa shape index (κ3) is 6.91. The first kappa shape index (κ1) is 30.4. The molecule has 2 nitrogen and oxygen atoms in total. The van der Waals surface area contributed by atoms with Gasteiger partial charge < -0.3 is 0 Å². The van der Waals surface area contributed by atoms with E-state index in [1.165, 1.54) is 38.5 Å². The number of thioether (sulfide) groups is 1. The summed E-state index contributed by atoms with van der Waals surface area (Å²) in [6, 6.07) is 7.01. The Morgan fingerprint density at radius 2 is 1.83 bits per heavy atom. The van der Waals surface area contributed by atoms with E-state index >= 15 is 0 Å². The van der Waals surface area contributed by atoms with Crippen molar-refractivity contribution < 1.29 is 4.79 Å². The van der Waals surface area contributed by atoms with E-state index in [4.69, 9.17) is 0 Å². The molecule has 1 saturated carbocycles. The summed E-state index contributed by atoms with van der Waals surface area (Å²) in [7, 11) is 0. The van der Waals surface area contributed by atoms with Crippen LogP contribution in [0.5, 0.6) is 0 Å². The number of carbonyl (C=O) groups excluding carboxylic acids is 1. The summed E-state index contributed by atoms with van der Waals surface area (Å²) >= 11 is 1.95. The number of allylic oxidation sites excluding steroid dienone is 5. The zero-order chi connectivity index (χ0) is 26.9. The molecule has 198 valence electrons. The smallest absolute Gasteiger partial charge is 0.135 e. The van der Waals surface area contributed by atoms with E-state index in [0.29, 0.717) is 17.6 Å². The molecule has 1 fully saturated rings. The molecular formula is C33H49NOS. The normalized spacial score (nSPS) is 20.8. The van der Waals surface area contributed by atoms with Crippen LogP contribution >= 0.6 is 11.8 Å². The Labute approximate surface area is 225 Å². The molecule has 1 aromatic carbocycles. The van der Waals surface area contributed by atoms with Gasteiger partial charge in [-0.25, -0.2) is 0 Å². The van der Waals surface area contributed by atoms with Crippen LogP contribution < -0.4 is 0 Å². The molecule has 3 aliphatic rings. The average molecular weight is 508 g/mol. The van der Waals surface area contributed by atoms with E-state index in [2.05, 4.69) is 70.0 Å². The summed E-state index contributed by atoms with van der Waals surface area (Å²) in [6.45, 7) is 19.5. The second-order valence-corrected chi connectivity index (χ2v) is 11.5.